The number of benzene rings is 2. The van der Waals surface area contributed by atoms with E-state index >= 15 is 0 Å². The van der Waals surface area contributed by atoms with Crippen molar-refractivity contribution in [2.75, 3.05) is 6.61 Å². The fraction of sp³-hybridized carbons (Fsp3) is 0.105. The largest absolute Gasteiger partial charge is 0.494 e. The van der Waals surface area contributed by atoms with E-state index in [2.05, 4.69) is 9.98 Å². The third kappa shape index (κ3) is 4.13. The molecular formula is C19H15ClFN3O3S. The first kappa shape index (κ1) is 19.8. The van der Waals surface area contributed by atoms with Gasteiger partial charge in [0.15, 0.2) is 4.77 Å². The van der Waals surface area contributed by atoms with Gasteiger partial charge < -0.3 is 9.84 Å². The van der Waals surface area contributed by atoms with Gasteiger partial charge in [-0.1, -0.05) is 11.6 Å². The molecule has 0 unspecified atom stereocenters. The smallest absolute Gasteiger partial charge is 0.264 e. The summed E-state index contributed by atoms with van der Waals surface area (Å²) in [6.07, 6.45) is 1.22. The van der Waals surface area contributed by atoms with Gasteiger partial charge in [-0.05, 0) is 61.6 Å². The van der Waals surface area contributed by atoms with E-state index in [1.165, 1.54) is 22.9 Å². The number of nitrogens with zero attached hydrogens (tertiary/aromatic N) is 2. The number of H-pyrrole nitrogens is 1. The summed E-state index contributed by atoms with van der Waals surface area (Å²) in [6, 6.07) is 10.7. The predicted octanol–water partition coefficient (Wildman–Crippen LogP) is 4.54. The van der Waals surface area contributed by atoms with E-state index in [0.717, 1.165) is 6.07 Å². The Morgan fingerprint density at radius 3 is 2.68 bits per heavy atom. The Hall–Kier alpha value is -2.97. The molecule has 0 bridgehead atoms. The lowest BCUT2D eigenvalue weighted by Crippen LogP contribution is -2.18. The molecule has 0 radical (unpaired) electrons. The first-order chi connectivity index (χ1) is 13.4. The first-order valence-electron chi connectivity index (χ1n) is 8.21. The lowest BCUT2D eigenvalue weighted by atomic mass is 10.2. The van der Waals surface area contributed by atoms with Crippen molar-refractivity contribution in [3.8, 4) is 17.3 Å². The molecule has 0 atom stereocenters. The number of hydrogen-bond acceptors (Lipinski definition) is 5. The standard InChI is InChI=1S/C19H15ClFN3O3S/c1-2-27-13-6-3-11(4-7-13)22-10-14-17(25)23-19(28)24(18(14)26)12-5-8-16(21)15(20)9-12/h3-10,26H,2H2,1H3,(H,23,25,28). The number of aromatic amines is 1. The number of aliphatic imine (C=N–C) groups is 1. The predicted molar refractivity (Wildman–Crippen MR) is 109 cm³/mol. The Labute approximate surface area is 169 Å². The van der Waals surface area contributed by atoms with Crippen LogP contribution >= 0.6 is 23.8 Å². The molecule has 144 valence electrons. The van der Waals surface area contributed by atoms with Gasteiger partial charge in [-0.3, -0.25) is 19.3 Å². The lowest BCUT2D eigenvalue weighted by Gasteiger charge is -2.11. The van der Waals surface area contributed by atoms with E-state index < -0.39 is 17.3 Å². The van der Waals surface area contributed by atoms with Crippen molar-refractivity contribution in [2.24, 2.45) is 4.99 Å². The lowest BCUT2D eigenvalue weighted by molar-refractivity contribution is 0.340. The Morgan fingerprint density at radius 1 is 1.32 bits per heavy atom. The first-order valence-corrected chi connectivity index (χ1v) is 9.00. The second-order valence-corrected chi connectivity index (χ2v) is 6.41. The summed E-state index contributed by atoms with van der Waals surface area (Å²) in [4.78, 5) is 18.9. The molecule has 2 aromatic carbocycles. The van der Waals surface area contributed by atoms with E-state index in [1.54, 1.807) is 24.3 Å². The second kappa shape index (κ2) is 8.37. The van der Waals surface area contributed by atoms with Crippen LogP contribution in [0.25, 0.3) is 5.69 Å². The third-order valence-corrected chi connectivity index (χ3v) is 4.35. The summed E-state index contributed by atoms with van der Waals surface area (Å²) >= 11 is 10.9. The van der Waals surface area contributed by atoms with Gasteiger partial charge in [-0.2, -0.15) is 0 Å². The van der Waals surface area contributed by atoms with E-state index in [0.29, 0.717) is 23.7 Å². The number of nitrogens with one attached hydrogen (secondary N) is 1. The summed E-state index contributed by atoms with van der Waals surface area (Å²) < 4.78 is 19.9. The quantitative estimate of drug-likeness (QED) is 0.470. The van der Waals surface area contributed by atoms with Gasteiger partial charge in [0.1, 0.15) is 17.1 Å². The molecule has 9 heteroatoms. The molecule has 0 aliphatic rings. The zero-order chi connectivity index (χ0) is 20.3. The minimum atomic E-state index is -0.613. The Bertz CT molecular complexity index is 1160. The van der Waals surface area contributed by atoms with Crippen molar-refractivity contribution in [3.05, 3.63) is 74.0 Å². The molecule has 0 aliphatic heterocycles. The van der Waals surface area contributed by atoms with Crippen molar-refractivity contribution in [2.45, 2.75) is 6.92 Å². The molecule has 0 amide bonds. The minimum absolute atomic E-state index is 0.0663. The number of aromatic hydroxyl groups is 1. The monoisotopic (exact) mass is 419 g/mol. The molecule has 3 rings (SSSR count). The number of hydrogen-bond donors (Lipinski definition) is 2. The minimum Gasteiger partial charge on any atom is -0.494 e. The highest BCUT2D eigenvalue weighted by molar-refractivity contribution is 7.71. The summed E-state index contributed by atoms with van der Waals surface area (Å²) in [5, 5.41) is 10.4. The van der Waals surface area contributed by atoms with Crippen LogP contribution in [0, 0.1) is 10.6 Å². The van der Waals surface area contributed by atoms with Gasteiger partial charge in [0.05, 0.1) is 23.0 Å². The molecule has 6 nitrogen and oxygen atoms in total. The Morgan fingerprint density at radius 2 is 2.04 bits per heavy atom. The SMILES string of the molecule is CCOc1ccc(N=Cc2c(O)n(-c3ccc(F)c(Cl)c3)c(=S)[nH]c2=O)cc1. The molecular weight excluding hydrogens is 405 g/mol. The van der Waals surface area contributed by atoms with Crippen LogP contribution < -0.4 is 10.3 Å². The van der Waals surface area contributed by atoms with E-state index in [-0.39, 0.29) is 15.4 Å². The molecule has 28 heavy (non-hydrogen) atoms. The topological polar surface area (TPSA) is 79.6 Å². The van der Waals surface area contributed by atoms with E-state index in [4.69, 9.17) is 28.6 Å². The van der Waals surface area contributed by atoms with Crippen LogP contribution in [-0.2, 0) is 0 Å². The van der Waals surface area contributed by atoms with Crippen LogP contribution in [0.2, 0.25) is 5.02 Å². The fourth-order valence-corrected chi connectivity index (χ4v) is 2.91. The van der Waals surface area contributed by atoms with Crippen molar-refractivity contribution < 1.29 is 14.2 Å². The van der Waals surface area contributed by atoms with Gasteiger partial charge in [0.2, 0.25) is 5.88 Å². The maximum Gasteiger partial charge on any atom is 0.264 e. The highest BCUT2D eigenvalue weighted by Gasteiger charge is 2.13. The van der Waals surface area contributed by atoms with Crippen LogP contribution in [-0.4, -0.2) is 27.5 Å². The third-order valence-electron chi connectivity index (χ3n) is 3.77. The highest BCUT2D eigenvalue weighted by Crippen LogP contribution is 2.24. The van der Waals surface area contributed by atoms with Crippen molar-refractivity contribution in [1.82, 2.24) is 9.55 Å². The molecule has 1 aromatic heterocycles. The maximum absolute atomic E-state index is 13.4. The van der Waals surface area contributed by atoms with Crippen molar-refractivity contribution >= 4 is 35.7 Å². The molecule has 0 saturated heterocycles. The maximum atomic E-state index is 13.4. The molecule has 0 spiro atoms. The average molecular weight is 420 g/mol. The van der Waals surface area contributed by atoms with Gasteiger partial charge in [-0.25, -0.2) is 4.39 Å². The molecule has 2 N–H and O–H groups in total. The summed E-state index contributed by atoms with van der Waals surface area (Å²) in [6.45, 7) is 2.43. The molecule has 3 aromatic rings. The fourth-order valence-electron chi connectivity index (χ4n) is 2.45. The van der Waals surface area contributed by atoms with Crippen LogP contribution in [0.15, 0.2) is 52.3 Å². The highest BCUT2D eigenvalue weighted by atomic mass is 35.5. The van der Waals surface area contributed by atoms with Crippen LogP contribution in [0.3, 0.4) is 0 Å². The van der Waals surface area contributed by atoms with E-state index in [1.807, 2.05) is 6.92 Å². The van der Waals surface area contributed by atoms with Gasteiger partial charge in [0.25, 0.3) is 5.56 Å². The van der Waals surface area contributed by atoms with Crippen LogP contribution in [0.4, 0.5) is 10.1 Å². The second-order valence-electron chi connectivity index (χ2n) is 5.62. The molecule has 0 aliphatic carbocycles. The Balaban J connectivity index is 2.03. The van der Waals surface area contributed by atoms with Gasteiger partial charge >= 0.3 is 0 Å². The van der Waals surface area contributed by atoms with Crippen LogP contribution in [0.5, 0.6) is 11.6 Å². The zero-order valence-corrected chi connectivity index (χ0v) is 16.2. The van der Waals surface area contributed by atoms with Gasteiger partial charge in [0, 0.05) is 6.21 Å². The summed E-state index contributed by atoms with van der Waals surface area (Å²) in [5.41, 5.74) is 0.131. The number of ether oxygens (including phenoxy) is 1. The normalized spacial score (nSPS) is 11.1. The summed E-state index contributed by atoms with van der Waals surface area (Å²) in [5.74, 6) is -0.354. The molecule has 1 heterocycles. The summed E-state index contributed by atoms with van der Waals surface area (Å²) in [7, 11) is 0. The number of rotatable bonds is 5. The molecule has 0 fully saturated rings. The molecule has 0 saturated carbocycles. The average Bonchev–Trinajstić information content (AvgIpc) is 2.65. The Kier molecular flexibility index (Phi) is 5.91. The van der Waals surface area contributed by atoms with Crippen molar-refractivity contribution in [1.29, 1.82) is 0 Å². The zero-order valence-electron chi connectivity index (χ0n) is 14.6. The number of aromatic nitrogens is 2. The van der Waals surface area contributed by atoms with Crippen molar-refractivity contribution in [3.63, 3.8) is 0 Å². The van der Waals surface area contributed by atoms with Crippen LogP contribution in [0.1, 0.15) is 12.5 Å². The van der Waals surface area contributed by atoms with E-state index in [9.17, 15) is 14.3 Å². The van der Waals surface area contributed by atoms with Gasteiger partial charge in [-0.15, -0.1) is 0 Å². The number of halogens is 2.